The molecule has 0 aromatic heterocycles. The molecular weight excluding hydrogens is 230 g/mol. The molecule has 16 heavy (non-hydrogen) atoms. The number of amides is 2. The number of nitrogens with one attached hydrogen (secondary N) is 2. The molecule has 1 aromatic carbocycles. The minimum Gasteiger partial charge on any atom is -0.346 e. The van der Waals surface area contributed by atoms with E-state index >= 15 is 0 Å². The Balaban J connectivity index is 2.43. The molecular formula is C10H12ClN3O2. The lowest BCUT2D eigenvalue weighted by molar-refractivity contribution is -0.123. The summed E-state index contributed by atoms with van der Waals surface area (Å²) in [5.41, 5.74) is 5.65. The number of carbonyl (C=O) groups excluding carboxylic acids is 2. The molecule has 0 atom stereocenters. The van der Waals surface area contributed by atoms with Gasteiger partial charge in [0.25, 0.3) is 0 Å². The molecule has 5 nitrogen and oxygen atoms in total. The van der Waals surface area contributed by atoms with Gasteiger partial charge in [-0.3, -0.25) is 9.59 Å². The second-order valence-corrected chi connectivity index (χ2v) is 3.48. The van der Waals surface area contributed by atoms with Crippen LogP contribution in [0.5, 0.6) is 0 Å². The monoisotopic (exact) mass is 241 g/mol. The molecule has 0 radical (unpaired) electrons. The molecule has 2 amide bonds. The Morgan fingerprint density at radius 3 is 2.69 bits per heavy atom. The van der Waals surface area contributed by atoms with Crippen molar-refractivity contribution in [3.05, 3.63) is 29.3 Å². The Morgan fingerprint density at radius 1 is 1.31 bits per heavy atom. The number of carbonyl (C=O) groups is 2. The summed E-state index contributed by atoms with van der Waals surface area (Å²) in [6.07, 6.45) is 0. The third-order valence-corrected chi connectivity index (χ3v) is 1.97. The average Bonchev–Trinajstić information content (AvgIpc) is 2.26. The largest absolute Gasteiger partial charge is 0.346 e. The summed E-state index contributed by atoms with van der Waals surface area (Å²) in [5.74, 6) is -0.703. The van der Waals surface area contributed by atoms with Crippen molar-refractivity contribution in [1.29, 1.82) is 0 Å². The van der Waals surface area contributed by atoms with Gasteiger partial charge >= 0.3 is 0 Å². The molecule has 0 aliphatic heterocycles. The van der Waals surface area contributed by atoms with Gasteiger partial charge in [-0.1, -0.05) is 17.7 Å². The molecule has 0 aliphatic carbocycles. The lowest BCUT2D eigenvalue weighted by Crippen LogP contribution is -2.36. The standard InChI is InChI=1S/C10H12ClN3O2/c11-7-2-1-3-8(4-7)14-10(16)6-13-9(15)5-12/h1-4H,5-6,12H2,(H,13,15)(H,14,16). The van der Waals surface area contributed by atoms with E-state index in [-0.39, 0.29) is 24.9 Å². The number of anilines is 1. The third kappa shape index (κ3) is 4.29. The zero-order valence-electron chi connectivity index (χ0n) is 8.50. The van der Waals surface area contributed by atoms with Crippen LogP contribution in [-0.2, 0) is 9.59 Å². The van der Waals surface area contributed by atoms with E-state index in [9.17, 15) is 9.59 Å². The molecule has 0 unspecified atom stereocenters. The molecule has 0 bridgehead atoms. The van der Waals surface area contributed by atoms with Gasteiger partial charge in [-0.25, -0.2) is 0 Å². The highest BCUT2D eigenvalue weighted by molar-refractivity contribution is 6.30. The molecule has 6 heteroatoms. The van der Waals surface area contributed by atoms with E-state index in [0.29, 0.717) is 10.7 Å². The summed E-state index contributed by atoms with van der Waals surface area (Å²) in [7, 11) is 0. The van der Waals surface area contributed by atoms with Gasteiger partial charge in [-0.15, -0.1) is 0 Å². The number of rotatable bonds is 4. The quantitative estimate of drug-likeness (QED) is 0.711. The van der Waals surface area contributed by atoms with Gasteiger partial charge < -0.3 is 16.4 Å². The van der Waals surface area contributed by atoms with Crippen molar-refractivity contribution in [2.24, 2.45) is 5.73 Å². The van der Waals surface area contributed by atoms with Crippen LogP contribution in [0.2, 0.25) is 5.02 Å². The fourth-order valence-electron chi connectivity index (χ4n) is 1.02. The smallest absolute Gasteiger partial charge is 0.243 e. The second kappa shape index (κ2) is 6.09. The fourth-order valence-corrected chi connectivity index (χ4v) is 1.21. The highest BCUT2D eigenvalue weighted by Crippen LogP contribution is 2.14. The van der Waals surface area contributed by atoms with E-state index in [4.69, 9.17) is 17.3 Å². The normalized spacial score (nSPS) is 9.62. The van der Waals surface area contributed by atoms with Crippen molar-refractivity contribution < 1.29 is 9.59 Å². The Bertz CT molecular complexity index is 395. The van der Waals surface area contributed by atoms with Crippen LogP contribution in [0.15, 0.2) is 24.3 Å². The molecule has 0 aliphatic rings. The summed E-state index contributed by atoms with van der Waals surface area (Å²) in [6.45, 7) is -0.243. The number of halogens is 1. The second-order valence-electron chi connectivity index (χ2n) is 3.04. The maximum atomic E-state index is 11.3. The van der Waals surface area contributed by atoms with Crippen molar-refractivity contribution in [1.82, 2.24) is 5.32 Å². The number of benzene rings is 1. The van der Waals surface area contributed by atoms with Crippen LogP contribution in [0, 0.1) is 0 Å². The van der Waals surface area contributed by atoms with Crippen LogP contribution in [0.3, 0.4) is 0 Å². The Hall–Kier alpha value is -1.59. The first-order chi connectivity index (χ1) is 7.61. The van der Waals surface area contributed by atoms with Crippen molar-refractivity contribution in [3.63, 3.8) is 0 Å². The molecule has 4 N–H and O–H groups in total. The highest BCUT2D eigenvalue weighted by Gasteiger charge is 2.04. The summed E-state index contributed by atoms with van der Waals surface area (Å²) in [4.78, 5) is 22.1. The van der Waals surface area contributed by atoms with Crippen molar-refractivity contribution in [2.75, 3.05) is 18.4 Å². The summed E-state index contributed by atoms with van der Waals surface area (Å²) in [6, 6.07) is 6.74. The molecule has 0 saturated heterocycles. The van der Waals surface area contributed by atoms with Crippen LogP contribution < -0.4 is 16.4 Å². The van der Waals surface area contributed by atoms with Gasteiger partial charge in [0.1, 0.15) is 0 Å². The first kappa shape index (κ1) is 12.5. The zero-order chi connectivity index (χ0) is 12.0. The van der Waals surface area contributed by atoms with Gasteiger partial charge in [-0.2, -0.15) is 0 Å². The highest BCUT2D eigenvalue weighted by atomic mass is 35.5. The van der Waals surface area contributed by atoms with E-state index in [2.05, 4.69) is 10.6 Å². The molecule has 0 spiro atoms. The summed E-state index contributed by atoms with van der Waals surface area (Å²) < 4.78 is 0. The summed E-state index contributed by atoms with van der Waals surface area (Å²) >= 11 is 5.74. The van der Waals surface area contributed by atoms with E-state index in [0.717, 1.165) is 0 Å². The first-order valence-electron chi connectivity index (χ1n) is 4.64. The van der Waals surface area contributed by atoms with E-state index in [1.54, 1.807) is 24.3 Å². The van der Waals surface area contributed by atoms with Gasteiger partial charge in [0, 0.05) is 10.7 Å². The van der Waals surface area contributed by atoms with Crippen LogP contribution >= 0.6 is 11.6 Å². The van der Waals surface area contributed by atoms with Gasteiger partial charge in [0.05, 0.1) is 13.1 Å². The molecule has 1 rings (SSSR count). The van der Waals surface area contributed by atoms with Crippen LogP contribution in [0.4, 0.5) is 5.69 Å². The molecule has 0 heterocycles. The topological polar surface area (TPSA) is 84.2 Å². The van der Waals surface area contributed by atoms with Crippen molar-refractivity contribution in [2.45, 2.75) is 0 Å². The number of hydrogen-bond donors (Lipinski definition) is 3. The summed E-state index contributed by atoms with van der Waals surface area (Å²) in [5, 5.41) is 5.47. The fraction of sp³-hybridized carbons (Fsp3) is 0.200. The van der Waals surface area contributed by atoms with Gasteiger partial charge in [0.2, 0.25) is 11.8 Å². The predicted molar refractivity (Wildman–Crippen MR) is 62.1 cm³/mol. The lowest BCUT2D eigenvalue weighted by Gasteiger charge is -2.06. The molecule has 0 fully saturated rings. The Labute approximate surface area is 98.0 Å². The Kier molecular flexibility index (Phi) is 4.75. The van der Waals surface area contributed by atoms with E-state index in [1.165, 1.54) is 0 Å². The van der Waals surface area contributed by atoms with E-state index < -0.39 is 0 Å². The first-order valence-corrected chi connectivity index (χ1v) is 5.02. The minimum absolute atomic E-state index is 0.109. The molecule has 1 aromatic rings. The maximum absolute atomic E-state index is 11.3. The number of hydrogen-bond acceptors (Lipinski definition) is 3. The van der Waals surface area contributed by atoms with Crippen LogP contribution in [-0.4, -0.2) is 24.9 Å². The SMILES string of the molecule is NCC(=O)NCC(=O)Nc1cccc(Cl)c1. The average molecular weight is 242 g/mol. The molecule has 0 saturated carbocycles. The van der Waals surface area contributed by atoms with Gasteiger partial charge in [-0.05, 0) is 18.2 Å². The van der Waals surface area contributed by atoms with Gasteiger partial charge in [0.15, 0.2) is 0 Å². The lowest BCUT2D eigenvalue weighted by atomic mass is 10.3. The van der Waals surface area contributed by atoms with Crippen LogP contribution in [0.25, 0.3) is 0 Å². The van der Waals surface area contributed by atoms with Crippen LogP contribution in [0.1, 0.15) is 0 Å². The van der Waals surface area contributed by atoms with Crippen molar-refractivity contribution >= 4 is 29.1 Å². The number of nitrogens with two attached hydrogens (primary N) is 1. The maximum Gasteiger partial charge on any atom is 0.243 e. The zero-order valence-corrected chi connectivity index (χ0v) is 9.25. The van der Waals surface area contributed by atoms with E-state index in [1.807, 2.05) is 0 Å². The van der Waals surface area contributed by atoms with Crippen molar-refractivity contribution in [3.8, 4) is 0 Å². The molecule has 86 valence electrons. The minimum atomic E-state index is -0.374. The Morgan fingerprint density at radius 2 is 2.06 bits per heavy atom. The third-order valence-electron chi connectivity index (χ3n) is 1.74. The predicted octanol–water partition coefficient (Wildman–Crippen LogP) is 0.353.